The number of nitrogens with one attached hydrogen (secondary N) is 1. The van der Waals surface area contributed by atoms with E-state index in [-0.39, 0.29) is 12.4 Å². The molecule has 0 heterocycles. The Bertz CT molecular complexity index is 505. The summed E-state index contributed by atoms with van der Waals surface area (Å²) in [5.41, 5.74) is 0. The van der Waals surface area contributed by atoms with Crippen LogP contribution in [0.15, 0.2) is 54.6 Å². The van der Waals surface area contributed by atoms with Crippen LogP contribution in [0.1, 0.15) is 12.8 Å². The first kappa shape index (κ1) is 17.3. The lowest BCUT2D eigenvalue weighted by molar-refractivity contribution is 0.293. The second-order valence-corrected chi connectivity index (χ2v) is 4.52. The molecule has 0 unspecified atom stereocenters. The van der Waals surface area contributed by atoms with Gasteiger partial charge in [0.25, 0.3) is 0 Å². The van der Waals surface area contributed by atoms with Crippen LogP contribution in [0, 0.1) is 0 Å². The van der Waals surface area contributed by atoms with E-state index in [0.717, 1.165) is 36.6 Å². The quantitative estimate of drug-likeness (QED) is 0.738. The van der Waals surface area contributed by atoms with Crippen molar-refractivity contribution >= 4 is 12.4 Å². The van der Waals surface area contributed by atoms with E-state index in [9.17, 15) is 0 Å². The van der Waals surface area contributed by atoms with Crippen molar-refractivity contribution in [3.8, 4) is 17.2 Å². The standard InChI is InChI=1S/C17H21NO2.ClH/c1-18-13-7-8-14-19-16-11-5-6-12-17(16)20-15-9-3-2-4-10-15;/h2-6,9-12,18H,7-8,13-14H2,1H3;1H. The van der Waals surface area contributed by atoms with Crippen molar-refractivity contribution in [1.82, 2.24) is 5.32 Å². The van der Waals surface area contributed by atoms with E-state index in [0.29, 0.717) is 6.61 Å². The number of rotatable bonds is 8. The number of benzene rings is 2. The Morgan fingerprint density at radius 2 is 1.52 bits per heavy atom. The Balaban J connectivity index is 0.00000220. The number of unbranched alkanes of at least 4 members (excludes halogenated alkanes) is 1. The third-order valence-electron chi connectivity index (χ3n) is 2.90. The van der Waals surface area contributed by atoms with Gasteiger partial charge in [-0.1, -0.05) is 30.3 Å². The van der Waals surface area contributed by atoms with Crippen LogP contribution in [0.4, 0.5) is 0 Å². The topological polar surface area (TPSA) is 30.5 Å². The first-order valence-corrected chi connectivity index (χ1v) is 6.99. The van der Waals surface area contributed by atoms with Gasteiger partial charge >= 0.3 is 0 Å². The number of ether oxygens (including phenoxy) is 2. The molecule has 114 valence electrons. The molecule has 0 radical (unpaired) electrons. The van der Waals surface area contributed by atoms with Crippen molar-refractivity contribution in [2.24, 2.45) is 0 Å². The van der Waals surface area contributed by atoms with E-state index in [1.54, 1.807) is 0 Å². The van der Waals surface area contributed by atoms with E-state index in [1.165, 1.54) is 0 Å². The normalized spacial score (nSPS) is 9.76. The minimum Gasteiger partial charge on any atom is -0.490 e. The van der Waals surface area contributed by atoms with Crippen LogP contribution in [-0.4, -0.2) is 20.2 Å². The number of hydrogen-bond acceptors (Lipinski definition) is 3. The summed E-state index contributed by atoms with van der Waals surface area (Å²) in [5.74, 6) is 2.37. The maximum atomic E-state index is 5.85. The van der Waals surface area contributed by atoms with Crippen molar-refractivity contribution in [3.05, 3.63) is 54.6 Å². The van der Waals surface area contributed by atoms with Gasteiger partial charge in [0.05, 0.1) is 6.61 Å². The molecule has 0 aliphatic heterocycles. The Labute approximate surface area is 132 Å². The van der Waals surface area contributed by atoms with Crippen molar-refractivity contribution in [1.29, 1.82) is 0 Å². The van der Waals surface area contributed by atoms with E-state index < -0.39 is 0 Å². The van der Waals surface area contributed by atoms with Crippen LogP contribution < -0.4 is 14.8 Å². The Hall–Kier alpha value is -1.71. The summed E-state index contributed by atoms with van der Waals surface area (Å²) in [4.78, 5) is 0. The summed E-state index contributed by atoms with van der Waals surface area (Å²) in [6, 6.07) is 17.5. The van der Waals surface area contributed by atoms with Gasteiger partial charge < -0.3 is 14.8 Å². The molecular weight excluding hydrogens is 286 g/mol. The zero-order valence-electron chi connectivity index (χ0n) is 12.2. The first-order chi connectivity index (χ1) is 9.90. The molecule has 2 aromatic carbocycles. The van der Waals surface area contributed by atoms with Gasteiger partial charge in [-0.05, 0) is 50.7 Å². The van der Waals surface area contributed by atoms with Crippen LogP contribution in [0.2, 0.25) is 0 Å². The van der Waals surface area contributed by atoms with E-state index in [2.05, 4.69) is 5.32 Å². The molecule has 0 atom stereocenters. The van der Waals surface area contributed by atoms with Crippen molar-refractivity contribution in [2.75, 3.05) is 20.2 Å². The monoisotopic (exact) mass is 307 g/mol. The molecule has 21 heavy (non-hydrogen) atoms. The maximum Gasteiger partial charge on any atom is 0.169 e. The first-order valence-electron chi connectivity index (χ1n) is 6.99. The highest BCUT2D eigenvalue weighted by Crippen LogP contribution is 2.31. The predicted molar refractivity (Wildman–Crippen MR) is 88.9 cm³/mol. The van der Waals surface area contributed by atoms with Crippen LogP contribution in [-0.2, 0) is 0 Å². The Kier molecular flexibility index (Phi) is 8.32. The van der Waals surface area contributed by atoms with E-state index in [4.69, 9.17) is 9.47 Å². The molecule has 2 aromatic rings. The van der Waals surface area contributed by atoms with Gasteiger partial charge in [0.1, 0.15) is 5.75 Å². The molecule has 2 rings (SSSR count). The fraction of sp³-hybridized carbons (Fsp3) is 0.294. The highest BCUT2D eigenvalue weighted by Gasteiger charge is 2.05. The molecule has 0 spiro atoms. The molecule has 4 heteroatoms. The minimum atomic E-state index is 0. The van der Waals surface area contributed by atoms with Gasteiger partial charge in [0, 0.05) is 0 Å². The molecule has 0 saturated carbocycles. The van der Waals surface area contributed by atoms with Crippen molar-refractivity contribution in [2.45, 2.75) is 12.8 Å². The Morgan fingerprint density at radius 1 is 0.857 bits per heavy atom. The molecule has 0 aliphatic carbocycles. The van der Waals surface area contributed by atoms with Crippen LogP contribution in [0.3, 0.4) is 0 Å². The molecular formula is C17H22ClNO2. The third kappa shape index (κ3) is 6.06. The largest absolute Gasteiger partial charge is 0.490 e. The number of halogens is 1. The van der Waals surface area contributed by atoms with Gasteiger partial charge in [-0.15, -0.1) is 12.4 Å². The molecule has 0 amide bonds. The zero-order valence-corrected chi connectivity index (χ0v) is 13.1. The summed E-state index contributed by atoms with van der Waals surface area (Å²) in [6.45, 7) is 1.72. The van der Waals surface area contributed by atoms with Gasteiger partial charge in [-0.25, -0.2) is 0 Å². The molecule has 0 aliphatic rings. The summed E-state index contributed by atoms with van der Waals surface area (Å²) in [5, 5.41) is 3.13. The molecule has 0 aromatic heterocycles. The van der Waals surface area contributed by atoms with Crippen molar-refractivity contribution in [3.63, 3.8) is 0 Å². The predicted octanol–water partition coefficient (Wildman–Crippen LogP) is 4.28. The lowest BCUT2D eigenvalue weighted by Gasteiger charge is -2.12. The van der Waals surface area contributed by atoms with Crippen LogP contribution in [0.25, 0.3) is 0 Å². The van der Waals surface area contributed by atoms with Crippen LogP contribution >= 0.6 is 12.4 Å². The van der Waals surface area contributed by atoms with Gasteiger partial charge in [-0.2, -0.15) is 0 Å². The second kappa shape index (κ2) is 10.1. The molecule has 0 fully saturated rings. The average molecular weight is 308 g/mol. The molecule has 3 nitrogen and oxygen atoms in total. The van der Waals surface area contributed by atoms with Gasteiger partial charge in [0.15, 0.2) is 11.5 Å². The summed E-state index contributed by atoms with van der Waals surface area (Å²) in [7, 11) is 1.96. The third-order valence-corrected chi connectivity index (χ3v) is 2.90. The molecule has 1 N–H and O–H groups in total. The molecule has 0 bridgehead atoms. The fourth-order valence-electron chi connectivity index (χ4n) is 1.86. The highest BCUT2D eigenvalue weighted by molar-refractivity contribution is 5.85. The second-order valence-electron chi connectivity index (χ2n) is 4.52. The molecule has 0 saturated heterocycles. The SMILES string of the molecule is CNCCCCOc1ccccc1Oc1ccccc1.Cl. The lowest BCUT2D eigenvalue weighted by Crippen LogP contribution is -2.09. The number of para-hydroxylation sites is 3. The van der Waals surface area contributed by atoms with E-state index in [1.807, 2.05) is 61.6 Å². The van der Waals surface area contributed by atoms with E-state index >= 15 is 0 Å². The fourth-order valence-corrected chi connectivity index (χ4v) is 1.86. The lowest BCUT2D eigenvalue weighted by atomic mass is 10.3. The highest BCUT2D eigenvalue weighted by atomic mass is 35.5. The summed E-state index contributed by atoms with van der Waals surface area (Å²) >= 11 is 0. The summed E-state index contributed by atoms with van der Waals surface area (Å²) in [6.07, 6.45) is 2.14. The Morgan fingerprint density at radius 3 is 2.24 bits per heavy atom. The van der Waals surface area contributed by atoms with Gasteiger partial charge in [0.2, 0.25) is 0 Å². The van der Waals surface area contributed by atoms with Crippen molar-refractivity contribution < 1.29 is 9.47 Å². The average Bonchev–Trinajstić information content (AvgIpc) is 2.50. The number of hydrogen-bond donors (Lipinski definition) is 1. The summed E-state index contributed by atoms with van der Waals surface area (Å²) < 4.78 is 11.7. The maximum absolute atomic E-state index is 5.85. The minimum absolute atomic E-state index is 0. The van der Waals surface area contributed by atoms with Crippen LogP contribution in [0.5, 0.6) is 17.2 Å². The smallest absolute Gasteiger partial charge is 0.169 e. The zero-order chi connectivity index (χ0) is 14.0. The van der Waals surface area contributed by atoms with Gasteiger partial charge in [-0.3, -0.25) is 0 Å².